The molecule has 0 aliphatic carbocycles. The Kier molecular flexibility index (Phi) is 3.66. The standard InChI is InChI=1S/C14H8BrCl/c15-13-6-3-4-11(10-13)8-9-12-5-1-2-7-14(12)16/h1-7,10H. The van der Waals surface area contributed by atoms with Gasteiger partial charge in [0, 0.05) is 15.6 Å². The fourth-order valence-electron chi connectivity index (χ4n) is 1.27. The highest BCUT2D eigenvalue weighted by Gasteiger charge is 1.93. The first-order valence-corrected chi connectivity index (χ1v) is 5.95. The first-order valence-electron chi connectivity index (χ1n) is 4.78. The number of benzene rings is 2. The van der Waals surface area contributed by atoms with Gasteiger partial charge in [0.2, 0.25) is 0 Å². The summed E-state index contributed by atoms with van der Waals surface area (Å²) >= 11 is 9.42. The third kappa shape index (κ3) is 2.88. The van der Waals surface area contributed by atoms with Gasteiger partial charge in [0.25, 0.3) is 0 Å². The van der Waals surface area contributed by atoms with Crippen molar-refractivity contribution in [1.82, 2.24) is 0 Å². The SMILES string of the molecule is Clc1ccccc1C#Cc1cccc(Br)c1. The van der Waals surface area contributed by atoms with Gasteiger partial charge in [-0.15, -0.1) is 0 Å². The second-order valence-corrected chi connectivity index (χ2v) is 4.56. The largest absolute Gasteiger partial charge is 0.0830 e. The summed E-state index contributed by atoms with van der Waals surface area (Å²) in [5.41, 5.74) is 1.82. The van der Waals surface area contributed by atoms with Gasteiger partial charge < -0.3 is 0 Å². The van der Waals surface area contributed by atoms with Crippen LogP contribution in [0.5, 0.6) is 0 Å². The van der Waals surface area contributed by atoms with Crippen LogP contribution >= 0.6 is 27.5 Å². The van der Waals surface area contributed by atoms with Crippen molar-refractivity contribution in [2.45, 2.75) is 0 Å². The van der Waals surface area contributed by atoms with Gasteiger partial charge >= 0.3 is 0 Å². The molecule has 0 aliphatic heterocycles. The Morgan fingerprint density at radius 1 is 0.938 bits per heavy atom. The van der Waals surface area contributed by atoms with Crippen LogP contribution in [0.2, 0.25) is 5.02 Å². The minimum Gasteiger partial charge on any atom is -0.0830 e. The summed E-state index contributed by atoms with van der Waals surface area (Å²) in [5.74, 6) is 6.13. The molecule has 0 unspecified atom stereocenters. The molecular weight excluding hydrogens is 284 g/mol. The van der Waals surface area contributed by atoms with Crippen molar-refractivity contribution in [2.75, 3.05) is 0 Å². The molecule has 0 fully saturated rings. The Labute approximate surface area is 108 Å². The van der Waals surface area contributed by atoms with Gasteiger partial charge in [0.15, 0.2) is 0 Å². The molecule has 0 saturated carbocycles. The van der Waals surface area contributed by atoms with E-state index in [9.17, 15) is 0 Å². The van der Waals surface area contributed by atoms with E-state index in [-0.39, 0.29) is 0 Å². The smallest absolute Gasteiger partial charge is 0.0562 e. The molecule has 0 atom stereocenters. The van der Waals surface area contributed by atoms with Gasteiger partial charge in [0.1, 0.15) is 0 Å². The van der Waals surface area contributed by atoms with E-state index in [1.807, 2.05) is 48.5 Å². The number of hydrogen-bond acceptors (Lipinski definition) is 0. The molecule has 2 heteroatoms. The Hall–Kier alpha value is -1.23. The highest BCUT2D eigenvalue weighted by atomic mass is 79.9. The van der Waals surface area contributed by atoms with E-state index in [4.69, 9.17) is 11.6 Å². The lowest BCUT2D eigenvalue weighted by atomic mass is 10.2. The average Bonchev–Trinajstić information content (AvgIpc) is 2.28. The maximum absolute atomic E-state index is 6.01. The molecule has 0 nitrogen and oxygen atoms in total. The summed E-state index contributed by atoms with van der Waals surface area (Å²) in [4.78, 5) is 0. The number of halogens is 2. The van der Waals surface area contributed by atoms with Crippen LogP contribution < -0.4 is 0 Å². The zero-order valence-electron chi connectivity index (χ0n) is 8.37. The fraction of sp³-hybridized carbons (Fsp3) is 0. The second-order valence-electron chi connectivity index (χ2n) is 3.24. The molecule has 0 radical (unpaired) electrons. The van der Waals surface area contributed by atoms with Crippen LogP contribution in [0.1, 0.15) is 11.1 Å². The monoisotopic (exact) mass is 290 g/mol. The Morgan fingerprint density at radius 2 is 1.75 bits per heavy atom. The van der Waals surface area contributed by atoms with Crippen molar-refractivity contribution in [3.8, 4) is 11.8 Å². The van der Waals surface area contributed by atoms with Crippen LogP contribution in [0.25, 0.3) is 0 Å². The van der Waals surface area contributed by atoms with E-state index in [0.29, 0.717) is 5.02 Å². The first-order chi connectivity index (χ1) is 7.75. The van der Waals surface area contributed by atoms with E-state index in [1.54, 1.807) is 0 Å². The molecule has 0 N–H and O–H groups in total. The quantitative estimate of drug-likeness (QED) is 0.627. The zero-order valence-corrected chi connectivity index (χ0v) is 10.7. The third-order valence-corrected chi connectivity index (χ3v) is 2.86. The molecule has 0 amide bonds. The van der Waals surface area contributed by atoms with E-state index in [1.165, 1.54) is 0 Å². The molecular formula is C14H8BrCl. The van der Waals surface area contributed by atoms with Crippen molar-refractivity contribution in [3.63, 3.8) is 0 Å². The Bertz CT molecular complexity index is 564. The Balaban J connectivity index is 2.32. The molecule has 0 spiro atoms. The summed E-state index contributed by atoms with van der Waals surface area (Å²) < 4.78 is 1.03. The van der Waals surface area contributed by atoms with Crippen LogP contribution in [0.4, 0.5) is 0 Å². The van der Waals surface area contributed by atoms with E-state index >= 15 is 0 Å². The second kappa shape index (κ2) is 5.21. The lowest BCUT2D eigenvalue weighted by molar-refractivity contribution is 1.59. The predicted octanol–water partition coefficient (Wildman–Crippen LogP) is 4.50. The minimum atomic E-state index is 0.685. The van der Waals surface area contributed by atoms with Crippen LogP contribution in [-0.4, -0.2) is 0 Å². The highest BCUT2D eigenvalue weighted by Crippen LogP contribution is 2.14. The van der Waals surface area contributed by atoms with Crippen molar-refractivity contribution in [3.05, 3.63) is 69.2 Å². The van der Waals surface area contributed by atoms with E-state index in [0.717, 1.165) is 15.6 Å². The van der Waals surface area contributed by atoms with Gasteiger partial charge in [-0.3, -0.25) is 0 Å². The number of hydrogen-bond donors (Lipinski definition) is 0. The van der Waals surface area contributed by atoms with Gasteiger partial charge in [-0.1, -0.05) is 57.6 Å². The summed E-state index contributed by atoms with van der Waals surface area (Å²) in [6, 6.07) is 15.4. The maximum atomic E-state index is 6.01. The van der Waals surface area contributed by atoms with Crippen molar-refractivity contribution in [1.29, 1.82) is 0 Å². The van der Waals surface area contributed by atoms with Gasteiger partial charge in [-0.2, -0.15) is 0 Å². The lowest BCUT2D eigenvalue weighted by Gasteiger charge is -1.94. The molecule has 0 bridgehead atoms. The zero-order chi connectivity index (χ0) is 11.4. The van der Waals surface area contributed by atoms with Gasteiger partial charge in [-0.25, -0.2) is 0 Å². The third-order valence-electron chi connectivity index (χ3n) is 2.04. The van der Waals surface area contributed by atoms with Crippen molar-refractivity contribution < 1.29 is 0 Å². The van der Waals surface area contributed by atoms with Gasteiger partial charge in [-0.05, 0) is 30.3 Å². The van der Waals surface area contributed by atoms with Crippen molar-refractivity contribution >= 4 is 27.5 Å². The summed E-state index contributed by atoms with van der Waals surface area (Å²) in [6.07, 6.45) is 0. The summed E-state index contributed by atoms with van der Waals surface area (Å²) in [7, 11) is 0. The number of rotatable bonds is 0. The Morgan fingerprint density at radius 3 is 2.50 bits per heavy atom. The normalized spacial score (nSPS) is 9.38. The fourth-order valence-corrected chi connectivity index (χ4v) is 1.85. The van der Waals surface area contributed by atoms with Gasteiger partial charge in [0.05, 0.1) is 5.02 Å². The molecule has 0 saturated heterocycles. The topological polar surface area (TPSA) is 0 Å². The molecule has 2 aromatic rings. The molecule has 0 aromatic heterocycles. The van der Waals surface area contributed by atoms with E-state index in [2.05, 4.69) is 27.8 Å². The molecule has 78 valence electrons. The molecule has 0 aliphatic rings. The molecule has 0 heterocycles. The molecule has 2 aromatic carbocycles. The average molecular weight is 292 g/mol. The minimum absolute atomic E-state index is 0.685. The molecule has 16 heavy (non-hydrogen) atoms. The predicted molar refractivity (Wildman–Crippen MR) is 71.6 cm³/mol. The summed E-state index contributed by atoms with van der Waals surface area (Å²) in [5, 5.41) is 0.685. The highest BCUT2D eigenvalue weighted by molar-refractivity contribution is 9.10. The molecule has 2 rings (SSSR count). The maximum Gasteiger partial charge on any atom is 0.0562 e. The van der Waals surface area contributed by atoms with E-state index < -0.39 is 0 Å². The van der Waals surface area contributed by atoms with Crippen LogP contribution in [-0.2, 0) is 0 Å². The summed E-state index contributed by atoms with van der Waals surface area (Å²) in [6.45, 7) is 0. The lowest BCUT2D eigenvalue weighted by Crippen LogP contribution is -1.77. The van der Waals surface area contributed by atoms with Crippen LogP contribution in [0, 0.1) is 11.8 Å². The van der Waals surface area contributed by atoms with Crippen LogP contribution in [0.15, 0.2) is 53.0 Å². The van der Waals surface area contributed by atoms with Crippen LogP contribution in [0.3, 0.4) is 0 Å². The van der Waals surface area contributed by atoms with Crippen molar-refractivity contribution in [2.24, 2.45) is 0 Å². The first kappa shape index (κ1) is 11.3.